The van der Waals surface area contributed by atoms with Gasteiger partial charge in [0, 0.05) is 102 Å². The Kier molecular flexibility index (Phi) is 29.3. The first-order valence-corrected chi connectivity index (χ1v) is 16.1. The topological polar surface area (TPSA) is 0 Å². The molecule has 0 radical (unpaired) electrons. The second-order valence-electron chi connectivity index (χ2n) is 8.05. The normalized spacial score (nSPS) is 10.0. The zero-order chi connectivity index (χ0) is 13.5. The number of hydrogen-bond acceptors (Lipinski definition) is 0. The molecule has 0 N–H and O–H groups in total. The van der Waals surface area contributed by atoms with Crippen molar-refractivity contribution in [1.29, 1.82) is 0 Å². The summed E-state index contributed by atoms with van der Waals surface area (Å²) >= 11 is 0. The molecule has 18 heavy (non-hydrogen) atoms. The van der Waals surface area contributed by atoms with Crippen LogP contribution < -0.4 is 14.1 Å². The summed E-state index contributed by atoms with van der Waals surface area (Å²) in [5.74, 6) is 0. The lowest BCUT2D eigenvalue weighted by molar-refractivity contribution is -0.001000. The molecule has 120 valence electrons. The van der Waals surface area contributed by atoms with Crippen LogP contribution in [0.1, 0.15) is 0 Å². The fourth-order valence-corrected chi connectivity index (χ4v) is 0. The second kappa shape index (κ2) is 14.5. The highest BCUT2D eigenvalue weighted by molar-refractivity contribution is 7.73. The van der Waals surface area contributed by atoms with Crippen LogP contribution in [0, 0.1) is 0 Å². The predicted molar refractivity (Wildman–Crippen MR) is 91.8 cm³/mol. The fraction of sp³-hybridized carbons (Fsp3) is 1.00. The third-order valence-electron chi connectivity index (χ3n) is 0. The minimum atomic E-state index is -0.389. The Morgan fingerprint density at radius 3 is 0.278 bits per heavy atom. The maximum atomic E-state index is 2.30. The zero-order valence-electron chi connectivity index (χ0n) is 14.5. The van der Waals surface area contributed by atoms with Crippen LogP contribution in [0.15, 0.2) is 0 Å². The monoisotopic (exact) mass is 330 g/mol. The molecule has 0 aromatic rings. The van der Waals surface area contributed by atoms with Gasteiger partial charge < -0.3 is 14.1 Å². The van der Waals surface area contributed by atoms with Crippen molar-refractivity contribution < 1.29 is 14.1 Å². The van der Waals surface area contributed by atoms with Gasteiger partial charge in [0.15, 0.2) is 0 Å². The van der Waals surface area contributed by atoms with Gasteiger partial charge in [-0.1, -0.05) is 0 Å². The standard InChI is InChI=1S/3C4H12P.3FH/c3*1-5(2,3)4;;;/h3*1-4H3;3*1H/q3*+1;;;/p-3. The largest absolute Gasteiger partial charge is 1.00 e. The molecule has 0 saturated carbocycles. The average Bonchev–Trinajstić information content (AvgIpc) is 1.41. The Morgan fingerprint density at radius 2 is 0.278 bits per heavy atom. The van der Waals surface area contributed by atoms with Crippen LogP contribution in [0.2, 0.25) is 0 Å². The van der Waals surface area contributed by atoms with Gasteiger partial charge in [0.25, 0.3) is 0 Å². The molecule has 0 saturated heterocycles. The Morgan fingerprint density at radius 1 is 0.278 bits per heavy atom. The second-order valence-corrected chi connectivity index (χ2v) is 24.1. The van der Waals surface area contributed by atoms with E-state index in [9.17, 15) is 0 Å². The zero-order valence-corrected chi connectivity index (χ0v) is 17.2. The Hall–Kier alpha value is 1.08. The Balaban J connectivity index is -0.0000000277. The van der Waals surface area contributed by atoms with Gasteiger partial charge >= 0.3 is 0 Å². The van der Waals surface area contributed by atoms with E-state index in [-0.39, 0.29) is 35.9 Å². The van der Waals surface area contributed by atoms with Crippen LogP contribution in [-0.2, 0) is 0 Å². The number of halogens is 3. The van der Waals surface area contributed by atoms with Gasteiger partial charge in [-0.3, -0.25) is 0 Å². The molecular formula is C12H36F3P3. The number of rotatable bonds is 0. The molecule has 0 fully saturated rings. The van der Waals surface area contributed by atoms with Crippen molar-refractivity contribution in [3.8, 4) is 0 Å². The molecule has 0 nitrogen and oxygen atoms in total. The summed E-state index contributed by atoms with van der Waals surface area (Å²) in [5, 5.41) is 0. The molecule has 0 unspecified atom stereocenters. The van der Waals surface area contributed by atoms with Crippen molar-refractivity contribution in [1.82, 2.24) is 0 Å². The lowest BCUT2D eigenvalue weighted by Gasteiger charge is -1.97. The molecule has 6 heteroatoms. The summed E-state index contributed by atoms with van der Waals surface area (Å²) in [4.78, 5) is 0. The van der Waals surface area contributed by atoms with E-state index in [2.05, 4.69) is 80.0 Å². The van der Waals surface area contributed by atoms with Crippen molar-refractivity contribution in [2.24, 2.45) is 0 Å². The summed E-state index contributed by atoms with van der Waals surface area (Å²) in [5.41, 5.74) is 0. The number of hydrogen-bond donors (Lipinski definition) is 0. The van der Waals surface area contributed by atoms with Gasteiger partial charge in [0.2, 0.25) is 0 Å². The van der Waals surface area contributed by atoms with Crippen molar-refractivity contribution in [2.45, 2.75) is 0 Å². The third-order valence-corrected chi connectivity index (χ3v) is 0. The van der Waals surface area contributed by atoms with Crippen LogP contribution >= 0.6 is 21.8 Å². The van der Waals surface area contributed by atoms with E-state index in [1.165, 1.54) is 0 Å². The van der Waals surface area contributed by atoms with Crippen molar-refractivity contribution in [3.05, 3.63) is 0 Å². The maximum absolute atomic E-state index is 2.30. The molecule has 0 amide bonds. The van der Waals surface area contributed by atoms with E-state index in [1.54, 1.807) is 0 Å². The molecule has 0 aromatic heterocycles. The highest BCUT2D eigenvalue weighted by Crippen LogP contribution is 2.41. The van der Waals surface area contributed by atoms with E-state index >= 15 is 0 Å². The summed E-state index contributed by atoms with van der Waals surface area (Å²) in [6.07, 6.45) is 0. The Bertz CT molecular complexity index is 97.6. The first-order chi connectivity index (χ1) is 6.00. The molecule has 0 aliphatic heterocycles. The van der Waals surface area contributed by atoms with E-state index in [4.69, 9.17) is 0 Å². The summed E-state index contributed by atoms with van der Waals surface area (Å²) in [7, 11) is -1.17. The van der Waals surface area contributed by atoms with Gasteiger partial charge in [-0.2, -0.15) is 0 Å². The minimum Gasteiger partial charge on any atom is -1.00 e. The Labute approximate surface area is 116 Å². The van der Waals surface area contributed by atoms with E-state index < -0.39 is 0 Å². The molecule has 0 bridgehead atoms. The van der Waals surface area contributed by atoms with Gasteiger partial charge in [0.1, 0.15) is 0 Å². The molecule has 0 atom stereocenters. The molecule has 0 rings (SSSR count). The first-order valence-electron chi connectivity index (χ1n) is 5.37. The first kappa shape index (κ1) is 36.5. The summed E-state index contributed by atoms with van der Waals surface area (Å²) < 4.78 is 0. The minimum absolute atomic E-state index is 0. The summed E-state index contributed by atoms with van der Waals surface area (Å²) in [6.45, 7) is 27.6. The average molecular weight is 330 g/mol. The summed E-state index contributed by atoms with van der Waals surface area (Å²) in [6, 6.07) is 0. The molecule has 0 heterocycles. The van der Waals surface area contributed by atoms with Crippen LogP contribution in [-0.4, -0.2) is 80.0 Å². The van der Waals surface area contributed by atoms with Crippen molar-refractivity contribution >= 4 is 21.8 Å². The molecule has 0 aromatic carbocycles. The van der Waals surface area contributed by atoms with Crippen molar-refractivity contribution in [3.63, 3.8) is 0 Å². The SMILES string of the molecule is C[P+](C)(C)C.C[P+](C)(C)C.C[P+](C)(C)C.[F-].[F-].[F-]. The van der Waals surface area contributed by atoms with Crippen LogP contribution in [0.5, 0.6) is 0 Å². The van der Waals surface area contributed by atoms with Gasteiger partial charge in [-0.15, -0.1) is 0 Å². The third kappa shape index (κ3) is 3790. The van der Waals surface area contributed by atoms with Crippen LogP contribution in [0.3, 0.4) is 0 Å². The van der Waals surface area contributed by atoms with Crippen LogP contribution in [0.25, 0.3) is 0 Å². The lowest BCUT2D eigenvalue weighted by atomic mass is 11.8. The molecular weight excluding hydrogens is 294 g/mol. The van der Waals surface area contributed by atoms with E-state index in [1.807, 2.05) is 0 Å². The van der Waals surface area contributed by atoms with Gasteiger partial charge in [-0.25, -0.2) is 0 Å². The van der Waals surface area contributed by atoms with E-state index in [0.717, 1.165) is 0 Å². The van der Waals surface area contributed by atoms with Gasteiger partial charge in [-0.05, 0) is 0 Å². The smallest absolute Gasteiger partial charge is 0.0481 e. The quantitative estimate of drug-likeness (QED) is 0.394. The maximum Gasteiger partial charge on any atom is 0.0481 e. The lowest BCUT2D eigenvalue weighted by Crippen LogP contribution is -3.00. The molecule has 0 aliphatic carbocycles. The highest BCUT2D eigenvalue weighted by Gasteiger charge is 2.04. The van der Waals surface area contributed by atoms with Crippen molar-refractivity contribution in [2.75, 3.05) is 80.0 Å². The fourth-order valence-electron chi connectivity index (χ4n) is 0. The van der Waals surface area contributed by atoms with E-state index in [0.29, 0.717) is 0 Å². The predicted octanol–water partition coefficient (Wildman–Crippen LogP) is -4.42. The molecule has 0 spiro atoms. The van der Waals surface area contributed by atoms with Crippen LogP contribution in [0.4, 0.5) is 0 Å². The van der Waals surface area contributed by atoms with Gasteiger partial charge in [0.05, 0.1) is 0 Å². The highest BCUT2D eigenvalue weighted by atomic mass is 31.2. The molecule has 0 aliphatic rings.